The molecule has 0 fully saturated rings. The van der Waals surface area contributed by atoms with E-state index in [-0.39, 0.29) is 0 Å². The molecule has 0 amide bonds. The summed E-state index contributed by atoms with van der Waals surface area (Å²) in [4.78, 5) is 15.5. The van der Waals surface area contributed by atoms with Crippen molar-refractivity contribution in [3.8, 4) is 23.0 Å². The molecule has 7 nitrogen and oxygen atoms in total. The standard InChI is InChI=1S/C59H35N7/c1-7-24-47-38(18-1)41-30-31-49-56(59(41)66(47)51-27-10-15-37-17-13-33-61-58(37)51)42-21-4-8-25-48(42)64(49)54-28-11-29-55(62-54)65-46-23-6-3-20-40(46)44-34-52-43(35-53(44)65)39-19-2-5-22-45(39)63(52)50-26-9-14-36-16-12-32-60-57(36)50/h1-35H. The Hall–Kier alpha value is -9.07. The van der Waals surface area contributed by atoms with Crippen LogP contribution in [0.2, 0.25) is 0 Å². The molecule has 15 rings (SSSR count). The Morgan fingerprint density at radius 2 is 0.742 bits per heavy atom. The Balaban J connectivity index is 1.00. The highest BCUT2D eigenvalue weighted by molar-refractivity contribution is 6.26. The maximum absolute atomic E-state index is 5.63. The second kappa shape index (κ2) is 13.2. The summed E-state index contributed by atoms with van der Waals surface area (Å²) in [6, 6.07) is 71.9. The molecule has 0 N–H and O–H groups in total. The fourth-order valence-corrected chi connectivity index (χ4v) is 11.1. The molecule has 0 aliphatic rings. The average molecular weight is 842 g/mol. The Bertz CT molecular complexity index is 4530. The van der Waals surface area contributed by atoms with E-state index in [1.165, 1.54) is 37.7 Å². The van der Waals surface area contributed by atoms with Crippen LogP contribution in [-0.2, 0) is 0 Å². The molecule has 0 spiro atoms. The summed E-state index contributed by atoms with van der Waals surface area (Å²) in [7, 11) is 0. The van der Waals surface area contributed by atoms with E-state index in [4.69, 9.17) is 15.0 Å². The highest BCUT2D eigenvalue weighted by Gasteiger charge is 2.24. The van der Waals surface area contributed by atoms with E-state index >= 15 is 0 Å². The highest BCUT2D eigenvalue weighted by Crippen LogP contribution is 2.44. The van der Waals surface area contributed by atoms with E-state index in [1.54, 1.807) is 0 Å². The minimum absolute atomic E-state index is 0.847. The number of nitrogens with zero attached hydrogens (tertiary/aromatic N) is 7. The molecule has 0 saturated carbocycles. The molecule has 7 heteroatoms. The lowest BCUT2D eigenvalue weighted by molar-refractivity contribution is 1.01. The van der Waals surface area contributed by atoms with Gasteiger partial charge in [-0.3, -0.25) is 19.1 Å². The van der Waals surface area contributed by atoms with Crippen LogP contribution in [0.15, 0.2) is 213 Å². The second-order valence-electron chi connectivity index (χ2n) is 17.2. The van der Waals surface area contributed by atoms with Crippen molar-refractivity contribution in [3.05, 3.63) is 213 Å². The van der Waals surface area contributed by atoms with E-state index in [1.807, 2.05) is 24.5 Å². The number of hydrogen-bond donors (Lipinski definition) is 0. The number of pyridine rings is 3. The van der Waals surface area contributed by atoms with Gasteiger partial charge in [-0.1, -0.05) is 121 Å². The number of hydrogen-bond acceptors (Lipinski definition) is 3. The number of para-hydroxylation sites is 6. The molecule has 0 radical (unpaired) electrons. The van der Waals surface area contributed by atoms with Crippen LogP contribution in [0, 0.1) is 0 Å². The first-order valence-corrected chi connectivity index (χ1v) is 22.4. The van der Waals surface area contributed by atoms with Gasteiger partial charge in [0.05, 0.1) is 66.5 Å². The molecule has 306 valence electrons. The summed E-state index contributed by atoms with van der Waals surface area (Å²) < 4.78 is 9.50. The van der Waals surface area contributed by atoms with Crippen LogP contribution >= 0.6 is 0 Å². The van der Waals surface area contributed by atoms with Crippen LogP contribution in [0.1, 0.15) is 0 Å². The summed E-state index contributed by atoms with van der Waals surface area (Å²) in [6.45, 7) is 0. The van der Waals surface area contributed by atoms with Crippen molar-refractivity contribution in [2.24, 2.45) is 0 Å². The van der Waals surface area contributed by atoms with Crippen molar-refractivity contribution in [1.82, 2.24) is 33.2 Å². The Labute approximate surface area is 376 Å². The number of benzene rings is 8. The van der Waals surface area contributed by atoms with Gasteiger partial charge in [-0.05, 0) is 78.9 Å². The van der Waals surface area contributed by atoms with E-state index in [9.17, 15) is 0 Å². The van der Waals surface area contributed by atoms with Gasteiger partial charge in [-0.15, -0.1) is 0 Å². The van der Waals surface area contributed by atoms with Crippen molar-refractivity contribution in [1.29, 1.82) is 0 Å². The largest absolute Gasteiger partial charge is 0.307 e. The zero-order valence-corrected chi connectivity index (χ0v) is 35.3. The van der Waals surface area contributed by atoms with E-state index < -0.39 is 0 Å². The second-order valence-corrected chi connectivity index (χ2v) is 17.2. The fourth-order valence-electron chi connectivity index (χ4n) is 11.1. The van der Waals surface area contributed by atoms with Gasteiger partial charge < -0.3 is 9.13 Å². The van der Waals surface area contributed by atoms with Crippen molar-refractivity contribution in [2.45, 2.75) is 0 Å². The van der Waals surface area contributed by atoms with Gasteiger partial charge in [0.1, 0.15) is 11.6 Å². The SMILES string of the molecule is c1cc(-n2c3ccccc3c3cc4c(cc32)c2ccccc2n4-c2cccc3cccnc23)nc(-n2c3ccccc3c3c2ccc2c4ccccc4n(-c4cccc5cccnc45)c23)c1. The molecule has 0 aliphatic carbocycles. The van der Waals surface area contributed by atoms with Crippen LogP contribution in [0.3, 0.4) is 0 Å². The normalized spacial score (nSPS) is 12.2. The lowest BCUT2D eigenvalue weighted by atomic mass is 10.1. The predicted molar refractivity (Wildman–Crippen MR) is 272 cm³/mol. The maximum atomic E-state index is 5.63. The van der Waals surface area contributed by atoms with E-state index in [2.05, 4.69) is 206 Å². The third-order valence-electron chi connectivity index (χ3n) is 13.8. The molecule has 0 bridgehead atoms. The van der Waals surface area contributed by atoms with Crippen LogP contribution in [0.4, 0.5) is 0 Å². The fraction of sp³-hybridized carbons (Fsp3) is 0. The molecular weight excluding hydrogens is 807 g/mol. The first-order chi connectivity index (χ1) is 32.8. The number of aromatic nitrogens is 7. The average Bonchev–Trinajstić information content (AvgIpc) is 4.10. The minimum atomic E-state index is 0.847. The van der Waals surface area contributed by atoms with Gasteiger partial charge in [0.15, 0.2) is 0 Å². The lowest BCUT2D eigenvalue weighted by Crippen LogP contribution is -2.03. The van der Waals surface area contributed by atoms with E-state index in [0.717, 1.165) is 94.3 Å². The molecule has 7 aromatic heterocycles. The zero-order chi connectivity index (χ0) is 43.0. The highest BCUT2D eigenvalue weighted by atomic mass is 15.1. The quantitative estimate of drug-likeness (QED) is 0.177. The van der Waals surface area contributed by atoms with E-state index in [0.29, 0.717) is 0 Å². The third kappa shape index (κ3) is 4.72. The molecule has 8 aromatic carbocycles. The smallest absolute Gasteiger partial charge is 0.140 e. The molecule has 0 unspecified atom stereocenters. The number of fused-ring (bicyclic) bond motifs is 15. The van der Waals surface area contributed by atoms with Crippen molar-refractivity contribution in [3.63, 3.8) is 0 Å². The van der Waals surface area contributed by atoms with Gasteiger partial charge in [-0.2, -0.15) is 0 Å². The summed E-state index contributed by atoms with van der Waals surface area (Å²) in [6.07, 6.45) is 3.78. The van der Waals surface area contributed by atoms with Crippen LogP contribution < -0.4 is 0 Å². The Kier molecular flexibility index (Phi) is 7.10. The van der Waals surface area contributed by atoms with Gasteiger partial charge in [-0.25, -0.2) is 4.98 Å². The molecular formula is C59H35N7. The van der Waals surface area contributed by atoms with Crippen molar-refractivity contribution >= 4 is 109 Å². The molecule has 66 heavy (non-hydrogen) atoms. The Morgan fingerprint density at radius 3 is 1.36 bits per heavy atom. The predicted octanol–water partition coefficient (Wildman–Crippen LogP) is 14.6. The van der Waals surface area contributed by atoms with Gasteiger partial charge in [0.25, 0.3) is 0 Å². The molecule has 0 atom stereocenters. The summed E-state index contributed by atoms with van der Waals surface area (Å²) >= 11 is 0. The molecule has 0 saturated heterocycles. The lowest BCUT2D eigenvalue weighted by Gasteiger charge is -2.13. The number of rotatable bonds is 4. The minimum Gasteiger partial charge on any atom is -0.307 e. The van der Waals surface area contributed by atoms with Crippen LogP contribution in [0.25, 0.3) is 132 Å². The van der Waals surface area contributed by atoms with Crippen LogP contribution in [-0.4, -0.2) is 33.2 Å². The van der Waals surface area contributed by atoms with Crippen molar-refractivity contribution in [2.75, 3.05) is 0 Å². The summed E-state index contributed by atoms with van der Waals surface area (Å²) in [5, 5.41) is 11.7. The molecule has 15 aromatic rings. The topological polar surface area (TPSA) is 58.4 Å². The van der Waals surface area contributed by atoms with Crippen molar-refractivity contribution < 1.29 is 0 Å². The van der Waals surface area contributed by atoms with Gasteiger partial charge in [0.2, 0.25) is 0 Å². The zero-order valence-electron chi connectivity index (χ0n) is 35.3. The van der Waals surface area contributed by atoms with Gasteiger partial charge in [0, 0.05) is 66.3 Å². The summed E-state index contributed by atoms with van der Waals surface area (Å²) in [5.41, 5.74) is 13.0. The Morgan fingerprint density at radius 1 is 0.288 bits per heavy atom. The first-order valence-electron chi connectivity index (χ1n) is 22.4. The monoisotopic (exact) mass is 841 g/mol. The maximum Gasteiger partial charge on any atom is 0.140 e. The first kappa shape index (κ1) is 35.4. The van der Waals surface area contributed by atoms with Crippen LogP contribution in [0.5, 0.6) is 0 Å². The molecule has 7 heterocycles. The summed E-state index contributed by atoms with van der Waals surface area (Å²) in [5.74, 6) is 1.70. The molecule has 0 aliphatic heterocycles. The third-order valence-corrected chi connectivity index (χ3v) is 13.8. The van der Waals surface area contributed by atoms with Gasteiger partial charge >= 0.3 is 0 Å².